The molecule has 106 valence electrons. The first-order valence-electron chi connectivity index (χ1n) is 6.69. The lowest BCUT2D eigenvalue weighted by atomic mass is 9.84. The Morgan fingerprint density at radius 2 is 2.00 bits per heavy atom. The van der Waals surface area contributed by atoms with E-state index in [4.69, 9.17) is 9.53 Å². The van der Waals surface area contributed by atoms with Crippen molar-refractivity contribution < 1.29 is 14.3 Å². The van der Waals surface area contributed by atoms with Crippen LogP contribution in [0, 0.1) is 5.92 Å². The summed E-state index contributed by atoms with van der Waals surface area (Å²) in [5.74, 6) is -0.0501. The van der Waals surface area contributed by atoms with Crippen LogP contribution in [0.5, 0.6) is 0 Å². The topological polar surface area (TPSA) is 58.6 Å². The monoisotopic (exact) mass is 273 g/mol. The van der Waals surface area contributed by atoms with Crippen LogP contribution in [0.15, 0.2) is 0 Å². The molecule has 1 saturated heterocycles. The number of nitrogens with one attached hydrogen (secondary N) is 1. The number of hydrogen-bond acceptors (Lipinski definition) is 3. The average Bonchev–Trinajstić information content (AvgIpc) is 2.13. The zero-order valence-electron chi connectivity index (χ0n) is 12.4. The van der Waals surface area contributed by atoms with E-state index in [-0.39, 0.29) is 35.6 Å². The van der Waals surface area contributed by atoms with Gasteiger partial charge >= 0.3 is 0 Å². The second-order valence-electron chi connectivity index (χ2n) is 6.74. The van der Waals surface area contributed by atoms with Gasteiger partial charge in [-0.2, -0.15) is 0 Å². The second kappa shape index (κ2) is 5.31. The van der Waals surface area contributed by atoms with E-state index in [0.717, 1.165) is 0 Å². The fraction of sp³-hybridized carbons (Fsp3) is 0.923. The largest absolute Gasteiger partial charge is 0.413 e. The first-order valence-corrected chi connectivity index (χ1v) is 9.60. The smallest absolute Gasteiger partial charge is 0.228 e. The highest BCUT2D eigenvalue weighted by molar-refractivity contribution is 6.74. The molecule has 0 saturated carbocycles. The van der Waals surface area contributed by atoms with Crippen LogP contribution in [-0.4, -0.2) is 38.1 Å². The number of β-lactam (4-membered cyclic amide) rings is 1. The van der Waals surface area contributed by atoms with Crippen LogP contribution in [-0.2, 0) is 9.22 Å². The molecule has 18 heavy (non-hydrogen) atoms. The molecule has 2 N–H and O–H groups in total. The highest BCUT2D eigenvalue weighted by Crippen LogP contribution is 2.39. The number of amides is 1. The van der Waals surface area contributed by atoms with Crippen LogP contribution >= 0.6 is 0 Å². The standard InChI is InChI=1S/C13H27NO3Si/c1-9(17-18(5,6)13(2,3)4)11-10(7-8-15)14-12(11)16/h9-11,15H,7-8H2,1-6H3,(H,14,16)/t9-,10-,11-/m1/s1. The Hall–Kier alpha value is -0.393. The van der Waals surface area contributed by atoms with Crippen LogP contribution in [0.4, 0.5) is 0 Å². The third-order valence-corrected chi connectivity index (χ3v) is 8.87. The molecular weight excluding hydrogens is 246 g/mol. The van der Waals surface area contributed by atoms with Gasteiger partial charge in [0.2, 0.25) is 5.91 Å². The number of rotatable bonds is 5. The molecule has 4 nitrogen and oxygen atoms in total. The molecule has 5 heteroatoms. The molecule has 1 rings (SSSR count). The normalized spacial score (nSPS) is 26.5. The van der Waals surface area contributed by atoms with E-state index in [1.165, 1.54) is 0 Å². The van der Waals surface area contributed by atoms with Crippen LogP contribution in [0.3, 0.4) is 0 Å². The van der Waals surface area contributed by atoms with Gasteiger partial charge in [-0.15, -0.1) is 0 Å². The van der Waals surface area contributed by atoms with Crippen LogP contribution in [0.25, 0.3) is 0 Å². The number of aliphatic hydroxyl groups is 1. The molecule has 1 amide bonds. The lowest BCUT2D eigenvalue weighted by molar-refractivity contribution is -0.140. The van der Waals surface area contributed by atoms with Crippen LogP contribution < -0.4 is 5.32 Å². The van der Waals surface area contributed by atoms with Gasteiger partial charge in [-0.05, 0) is 31.5 Å². The van der Waals surface area contributed by atoms with Crippen molar-refractivity contribution in [1.82, 2.24) is 5.32 Å². The van der Waals surface area contributed by atoms with E-state index in [9.17, 15) is 4.79 Å². The van der Waals surface area contributed by atoms with Crippen molar-refractivity contribution in [3.8, 4) is 0 Å². The molecule has 0 aliphatic carbocycles. The SMILES string of the molecule is C[C@@H](O[Si](C)(C)C(C)(C)C)[C@H]1C(=O)N[C@@H]1CCO. The molecule has 0 bridgehead atoms. The molecule has 0 aromatic rings. The molecule has 1 fully saturated rings. The summed E-state index contributed by atoms with van der Waals surface area (Å²) < 4.78 is 6.25. The van der Waals surface area contributed by atoms with Crippen LogP contribution in [0.1, 0.15) is 34.1 Å². The molecule has 3 atom stereocenters. The predicted molar refractivity (Wildman–Crippen MR) is 74.9 cm³/mol. The van der Waals surface area contributed by atoms with Gasteiger partial charge in [-0.1, -0.05) is 20.8 Å². The van der Waals surface area contributed by atoms with Gasteiger partial charge < -0.3 is 14.8 Å². The Morgan fingerprint density at radius 1 is 1.44 bits per heavy atom. The minimum absolute atomic E-state index is 0.0552. The molecule has 0 unspecified atom stereocenters. The second-order valence-corrected chi connectivity index (χ2v) is 11.5. The Balaban J connectivity index is 2.65. The Morgan fingerprint density at radius 3 is 2.39 bits per heavy atom. The zero-order valence-corrected chi connectivity index (χ0v) is 13.4. The van der Waals surface area contributed by atoms with Crippen molar-refractivity contribution in [3.63, 3.8) is 0 Å². The van der Waals surface area contributed by atoms with E-state index in [1.807, 2.05) is 6.92 Å². The maximum atomic E-state index is 11.6. The van der Waals surface area contributed by atoms with Gasteiger partial charge in [-0.3, -0.25) is 4.79 Å². The highest BCUT2D eigenvalue weighted by Gasteiger charge is 2.46. The molecule has 1 aliphatic rings. The van der Waals surface area contributed by atoms with Gasteiger partial charge in [0.15, 0.2) is 8.32 Å². The van der Waals surface area contributed by atoms with Crippen molar-refractivity contribution in [2.24, 2.45) is 5.92 Å². The predicted octanol–water partition coefficient (Wildman–Crippen LogP) is 1.89. The summed E-state index contributed by atoms with van der Waals surface area (Å²) in [6, 6.07) is 0.0715. The maximum absolute atomic E-state index is 11.6. The number of aliphatic hydroxyl groups excluding tert-OH is 1. The van der Waals surface area contributed by atoms with Crippen molar-refractivity contribution in [2.45, 2.75) is 64.4 Å². The Labute approximate surface area is 111 Å². The molecule has 0 radical (unpaired) electrons. The third-order valence-electron chi connectivity index (χ3n) is 4.30. The summed E-state index contributed by atoms with van der Waals surface area (Å²) in [7, 11) is -1.84. The lowest BCUT2D eigenvalue weighted by Crippen LogP contribution is -2.63. The van der Waals surface area contributed by atoms with Gasteiger partial charge in [-0.25, -0.2) is 0 Å². The minimum atomic E-state index is -1.84. The first-order chi connectivity index (χ1) is 8.10. The summed E-state index contributed by atoms with van der Waals surface area (Å²) in [6.07, 6.45) is 0.540. The molecule has 0 spiro atoms. The van der Waals surface area contributed by atoms with E-state index in [2.05, 4.69) is 39.2 Å². The van der Waals surface area contributed by atoms with Crippen molar-refractivity contribution in [2.75, 3.05) is 6.61 Å². The van der Waals surface area contributed by atoms with E-state index >= 15 is 0 Å². The molecular formula is C13H27NO3Si. The Kier molecular flexibility index (Phi) is 4.62. The van der Waals surface area contributed by atoms with Crippen molar-refractivity contribution in [3.05, 3.63) is 0 Å². The maximum Gasteiger partial charge on any atom is 0.228 e. The van der Waals surface area contributed by atoms with E-state index < -0.39 is 8.32 Å². The Bertz CT molecular complexity index is 312. The first kappa shape index (κ1) is 15.7. The summed E-state index contributed by atoms with van der Waals surface area (Å²) in [6.45, 7) is 13.1. The summed E-state index contributed by atoms with van der Waals surface area (Å²) in [4.78, 5) is 11.6. The van der Waals surface area contributed by atoms with Gasteiger partial charge in [0.05, 0.1) is 12.0 Å². The summed E-state index contributed by atoms with van der Waals surface area (Å²) in [5.41, 5.74) is 0. The van der Waals surface area contributed by atoms with Gasteiger partial charge in [0, 0.05) is 12.6 Å². The quantitative estimate of drug-likeness (QED) is 0.594. The lowest BCUT2D eigenvalue weighted by Gasteiger charge is -2.45. The number of carbonyl (C=O) groups excluding carboxylic acids is 1. The van der Waals surface area contributed by atoms with Crippen molar-refractivity contribution in [1.29, 1.82) is 0 Å². The minimum Gasteiger partial charge on any atom is -0.413 e. The molecule has 0 aromatic carbocycles. The number of carbonyl (C=O) groups is 1. The van der Waals surface area contributed by atoms with Crippen LogP contribution in [0.2, 0.25) is 18.1 Å². The third kappa shape index (κ3) is 3.13. The zero-order chi connectivity index (χ0) is 14.1. The molecule has 1 aliphatic heterocycles. The number of hydrogen-bond donors (Lipinski definition) is 2. The molecule has 0 aromatic heterocycles. The van der Waals surface area contributed by atoms with E-state index in [1.54, 1.807) is 0 Å². The van der Waals surface area contributed by atoms with Gasteiger partial charge in [0.25, 0.3) is 0 Å². The summed E-state index contributed by atoms with van der Waals surface area (Å²) in [5, 5.41) is 11.9. The van der Waals surface area contributed by atoms with E-state index in [0.29, 0.717) is 6.42 Å². The highest BCUT2D eigenvalue weighted by atomic mass is 28.4. The summed E-state index contributed by atoms with van der Waals surface area (Å²) >= 11 is 0. The van der Waals surface area contributed by atoms with Crippen molar-refractivity contribution >= 4 is 14.2 Å². The average molecular weight is 273 g/mol. The fourth-order valence-electron chi connectivity index (χ4n) is 2.10. The molecule has 1 heterocycles. The van der Waals surface area contributed by atoms with Gasteiger partial charge in [0.1, 0.15) is 0 Å². The fourth-order valence-corrected chi connectivity index (χ4v) is 3.53.